The predicted molar refractivity (Wildman–Crippen MR) is 231 cm³/mol. The van der Waals surface area contributed by atoms with Crippen molar-refractivity contribution in [2.24, 2.45) is 17.8 Å². The van der Waals surface area contributed by atoms with E-state index in [9.17, 15) is 29.4 Å². The number of aromatic nitrogens is 1. The Balaban J connectivity index is 1.43. The minimum absolute atomic E-state index is 0.0246. The number of carbonyl (C=O) groups is 3. The van der Waals surface area contributed by atoms with Crippen molar-refractivity contribution in [1.29, 1.82) is 0 Å². The molecule has 2 aromatic rings. The molecule has 5 heterocycles. The van der Waals surface area contributed by atoms with Crippen molar-refractivity contribution in [2.45, 2.75) is 97.6 Å². The number of fused-ring (bicyclic) bond motifs is 9. The van der Waals surface area contributed by atoms with Gasteiger partial charge in [0, 0.05) is 55.2 Å². The number of esters is 1. The van der Waals surface area contributed by atoms with Gasteiger partial charge in [0.05, 0.1) is 35.5 Å². The predicted octanol–water partition coefficient (Wildman–Crippen LogP) is 6.21. The molecule has 15 nitrogen and oxygen atoms in total. The highest BCUT2D eigenvalue weighted by atomic mass is 16.7. The highest BCUT2D eigenvalue weighted by Gasteiger charge is 2.51. The third kappa shape index (κ3) is 7.98. The molecule has 2 aromatic carbocycles. The molecule has 15 heteroatoms. The summed E-state index contributed by atoms with van der Waals surface area (Å²) in [5.41, 5.74) is 0.945. The number of hydrogen-bond donors (Lipinski definition) is 3. The third-order valence-electron chi connectivity index (χ3n) is 12.3. The fourth-order valence-electron chi connectivity index (χ4n) is 8.78. The van der Waals surface area contributed by atoms with Crippen LogP contribution in [-0.4, -0.2) is 102 Å². The number of allylic oxidation sites excluding steroid dienone is 2. The zero-order valence-corrected chi connectivity index (χ0v) is 36.7. The number of nitrogens with one attached hydrogen (secondary N) is 1. The lowest BCUT2D eigenvalue weighted by molar-refractivity contribution is -0.168. The molecular formula is C47H55N3O12. The Morgan fingerprint density at radius 1 is 1.05 bits per heavy atom. The Bertz CT molecular complexity index is 2560. The summed E-state index contributed by atoms with van der Waals surface area (Å²) in [6, 6.07) is 5.56. The smallest absolute Gasteiger partial charge is 0.312 e. The Hall–Kier alpha value is -5.61. The number of nitrogens with zero attached hydrogens (tertiary/aromatic N) is 2. The zero-order valence-electron chi connectivity index (χ0n) is 36.7. The summed E-state index contributed by atoms with van der Waals surface area (Å²) in [6.07, 6.45) is 5.34. The van der Waals surface area contributed by atoms with Crippen molar-refractivity contribution < 1.29 is 52.7 Å². The number of amides is 1. The van der Waals surface area contributed by atoms with Crippen LogP contribution in [0.3, 0.4) is 0 Å². The van der Waals surface area contributed by atoms with Crippen LogP contribution in [0.15, 0.2) is 63.6 Å². The molecule has 6 aliphatic rings. The topological polar surface area (TPSA) is 196 Å². The van der Waals surface area contributed by atoms with Crippen LogP contribution in [0.5, 0.6) is 11.5 Å². The van der Waals surface area contributed by atoms with E-state index < -0.39 is 71.1 Å². The van der Waals surface area contributed by atoms with E-state index in [0.717, 1.165) is 24.9 Å². The van der Waals surface area contributed by atoms with Gasteiger partial charge in [0.1, 0.15) is 40.6 Å². The maximum Gasteiger partial charge on any atom is 0.312 e. The number of phenols is 1. The van der Waals surface area contributed by atoms with Crippen molar-refractivity contribution in [2.75, 3.05) is 33.1 Å². The highest BCUT2D eigenvalue weighted by molar-refractivity contribution is 6.22. The minimum Gasteiger partial charge on any atom is -0.507 e. The summed E-state index contributed by atoms with van der Waals surface area (Å²) in [7, 11) is 5.47. The SMILES string of the molecule is CO[C@H]1/C=C/O[C@@]2(C)Oc3c(C)c(O)c4c(=O)c(c5oc6cc(CCCN(C)C)ccc6nc-5c4c3C2=O)NC(=O)/C(C)=C\C=C\[C@H](C)[C@@H]2O[C@H]([C@H](O)[C@@H]2C)[C@H](OC(C)=O)[C@@H]1C. The number of aryl methyl sites for hydroxylation is 1. The number of methoxy groups -OCH3 is 1. The number of phenolic OH excluding ortho intramolecular Hbond substituents is 1. The lowest BCUT2D eigenvalue weighted by Crippen LogP contribution is -2.46. The van der Waals surface area contributed by atoms with Gasteiger partial charge in [-0.3, -0.25) is 19.2 Å². The van der Waals surface area contributed by atoms with E-state index in [2.05, 4.69) is 10.2 Å². The molecule has 8 rings (SSSR count). The number of aliphatic hydroxyl groups excluding tert-OH is 1. The van der Waals surface area contributed by atoms with Crippen molar-refractivity contribution in [1.82, 2.24) is 9.88 Å². The zero-order chi connectivity index (χ0) is 44.9. The number of carbonyl (C=O) groups excluding carboxylic acids is 3. The molecule has 330 valence electrons. The van der Waals surface area contributed by atoms with E-state index in [4.69, 9.17) is 33.1 Å². The van der Waals surface area contributed by atoms with Gasteiger partial charge in [-0.15, -0.1) is 0 Å². The maximum atomic E-state index is 14.7. The molecule has 0 saturated carbocycles. The van der Waals surface area contributed by atoms with E-state index in [0.29, 0.717) is 11.1 Å². The second kappa shape index (κ2) is 17.3. The van der Waals surface area contributed by atoms with Crippen molar-refractivity contribution in [3.8, 4) is 23.0 Å². The maximum absolute atomic E-state index is 14.7. The second-order valence-corrected chi connectivity index (χ2v) is 17.2. The van der Waals surface area contributed by atoms with Crippen molar-refractivity contribution in [3.05, 3.63) is 81.3 Å². The first kappa shape index (κ1) is 44.4. The molecule has 1 amide bonds. The number of hydrogen-bond acceptors (Lipinski definition) is 14. The van der Waals surface area contributed by atoms with Crippen LogP contribution in [0.2, 0.25) is 0 Å². The first-order valence-electron chi connectivity index (χ1n) is 20.9. The van der Waals surface area contributed by atoms with Gasteiger partial charge in [0.15, 0.2) is 11.3 Å². The largest absolute Gasteiger partial charge is 0.507 e. The van der Waals surface area contributed by atoms with Crippen LogP contribution >= 0.6 is 0 Å². The number of ketones is 1. The summed E-state index contributed by atoms with van der Waals surface area (Å²) >= 11 is 0. The Morgan fingerprint density at radius 3 is 2.48 bits per heavy atom. The minimum atomic E-state index is -2.01. The average molecular weight is 854 g/mol. The normalized spacial score (nSPS) is 29.8. The van der Waals surface area contributed by atoms with Gasteiger partial charge in [-0.2, -0.15) is 0 Å². The number of benzene rings is 3. The first-order chi connectivity index (χ1) is 29.4. The lowest BCUT2D eigenvalue weighted by Gasteiger charge is -2.33. The molecule has 1 saturated heterocycles. The van der Waals surface area contributed by atoms with Crippen LogP contribution < -0.4 is 15.5 Å². The fourth-order valence-corrected chi connectivity index (χ4v) is 8.78. The molecular weight excluding hydrogens is 799 g/mol. The molecule has 1 fully saturated rings. The van der Waals surface area contributed by atoms with E-state index >= 15 is 0 Å². The number of ether oxygens (including phenoxy) is 5. The molecule has 3 N–H and O–H groups in total. The van der Waals surface area contributed by atoms with E-state index in [1.54, 1.807) is 32.1 Å². The van der Waals surface area contributed by atoms with Crippen LogP contribution in [-0.2, 0) is 35.0 Å². The molecule has 7 bridgehead atoms. The standard InChI is InChI=1S/C47H55N3O12/c1-22-13-11-14-23(2)46(56)49-36-39(54)33-32(35-43(36)60-31-21-28(15-12-19-50(8)9)16-17-29(31)48-35)34-41(25(4)37(33)52)62-47(7,45(34)55)58-20-18-30(57-10)24(3)42(59-27(6)51)44-38(53)26(5)40(22)61-44/h11,13-14,16-18,20-22,24,26,30,38,40,42,44,52-53H,12,15,19H2,1-10H3,(H,49,56)/b13-11+,20-18+,23-14-/t22-,24+,26-,30-,38+,40-,42+,44+,47-/m0/s1. The van der Waals surface area contributed by atoms with Gasteiger partial charge in [0.25, 0.3) is 11.7 Å². The van der Waals surface area contributed by atoms with Gasteiger partial charge in [-0.1, -0.05) is 45.1 Å². The number of anilines is 1. The number of Topliss-reactive ketones (excluding diaryl/α,β-unsaturated/α-hetero) is 1. The molecule has 0 unspecified atom stereocenters. The van der Waals surface area contributed by atoms with Crippen molar-refractivity contribution in [3.63, 3.8) is 0 Å². The summed E-state index contributed by atoms with van der Waals surface area (Å²) in [5.74, 6) is -5.75. The summed E-state index contributed by atoms with van der Waals surface area (Å²) in [5, 5.41) is 25.7. The monoisotopic (exact) mass is 853 g/mol. The quantitative estimate of drug-likeness (QED) is 0.112. The van der Waals surface area contributed by atoms with Gasteiger partial charge < -0.3 is 48.5 Å². The van der Waals surface area contributed by atoms with Gasteiger partial charge >= 0.3 is 11.8 Å². The van der Waals surface area contributed by atoms with Crippen LogP contribution in [0.4, 0.5) is 5.69 Å². The second-order valence-electron chi connectivity index (χ2n) is 17.2. The summed E-state index contributed by atoms with van der Waals surface area (Å²) < 4.78 is 36.9. The van der Waals surface area contributed by atoms with E-state index in [1.807, 2.05) is 46.2 Å². The lowest BCUT2D eigenvalue weighted by atomic mass is 9.86. The molecule has 9 atom stereocenters. The number of aliphatic hydroxyl groups is 1. The Labute approximate surface area is 359 Å². The Morgan fingerprint density at radius 2 is 1.79 bits per heavy atom. The summed E-state index contributed by atoms with van der Waals surface area (Å²) in [6.45, 7) is 12.2. The molecule has 0 radical (unpaired) electrons. The van der Waals surface area contributed by atoms with E-state index in [-0.39, 0.29) is 62.2 Å². The average Bonchev–Trinajstić information content (AvgIpc) is 3.67. The van der Waals surface area contributed by atoms with E-state index in [1.165, 1.54) is 40.2 Å². The molecule has 0 spiro atoms. The molecule has 0 aromatic heterocycles. The fraction of sp³-hybridized carbons (Fsp3) is 0.468. The third-order valence-corrected chi connectivity index (χ3v) is 12.3. The van der Waals surface area contributed by atoms with Crippen LogP contribution in [0.1, 0.15) is 69.4 Å². The van der Waals surface area contributed by atoms with Crippen LogP contribution in [0.25, 0.3) is 33.3 Å². The summed E-state index contributed by atoms with van der Waals surface area (Å²) in [4.78, 5) is 62.9. The van der Waals surface area contributed by atoms with Gasteiger partial charge in [-0.05, 0) is 71.1 Å². The molecule has 5 aliphatic heterocycles. The Kier molecular flexibility index (Phi) is 12.4. The van der Waals surface area contributed by atoms with Gasteiger partial charge in [-0.25, -0.2) is 4.98 Å². The molecule has 1 aliphatic carbocycles. The van der Waals surface area contributed by atoms with Gasteiger partial charge in [0.2, 0.25) is 5.43 Å². The molecule has 62 heavy (non-hydrogen) atoms. The van der Waals surface area contributed by atoms with Crippen molar-refractivity contribution >= 4 is 45.2 Å². The first-order valence-corrected chi connectivity index (χ1v) is 20.9. The van der Waals surface area contributed by atoms with Crippen LogP contribution in [0, 0.1) is 24.7 Å². The highest BCUT2D eigenvalue weighted by Crippen LogP contribution is 2.50. The number of rotatable bonds is 6. The number of aromatic hydroxyl groups is 1.